The Morgan fingerprint density at radius 3 is 3.00 bits per heavy atom. The van der Waals surface area contributed by atoms with E-state index in [1.165, 1.54) is 24.2 Å². The number of carbonyl (C=O) groups excluding carboxylic acids is 1. The van der Waals surface area contributed by atoms with E-state index >= 15 is 0 Å². The number of hydrazine groups is 1. The molecular weight excluding hydrogens is 414 g/mol. The van der Waals surface area contributed by atoms with Crippen LogP contribution in [0.25, 0.3) is 5.52 Å². The monoisotopic (exact) mass is 435 g/mol. The molecule has 0 radical (unpaired) electrons. The van der Waals surface area contributed by atoms with Crippen LogP contribution in [0.3, 0.4) is 0 Å². The van der Waals surface area contributed by atoms with Crippen molar-refractivity contribution in [1.82, 2.24) is 34.8 Å². The van der Waals surface area contributed by atoms with Gasteiger partial charge in [-0.15, -0.1) is 16.4 Å². The average Bonchev–Trinajstić information content (AvgIpc) is 3.19. The van der Waals surface area contributed by atoms with E-state index in [1.807, 2.05) is 34.8 Å². The molecule has 5 heterocycles. The number of thiazole rings is 1. The molecule has 1 aliphatic heterocycles. The number of rotatable bonds is 5. The van der Waals surface area contributed by atoms with Crippen LogP contribution >= 0.6 is 11.3 Å². The normalized spacial score (nSPS) is 16.8. The molecule has 11 heteroatoms. The van der Waals surface area contributed by atoms with Gasteiger partial charge < -0.3 is 5.32 Å². The number of anilines is 3. The van der Waals surface area contributed by atoms with Crippen molar-refractivity contribution in [2.45, 2.75) is 31.6 Å². The first-order chi connectivity index (χ1) is 15.3. The molecule has 2 N–H and O–H groups in total. The third kappa shape index (κ3) is 3.40. The summed E-state index contributed by atoms with van der Waals surface area (Å²) in [5.74, 6) is 2.31. The molecular formula is C20H21N9OS. The van der Waals surface area contributed by atoms with Crippen LogP contribution in [0.2, 0.25) is 0 Å². The van der Waals surface area contributed by atoms with Crippen LogP contribution in [0.15, 0.2) is 36.0 Å². The molecule has 0 aromatic carbocycles. The van der Waals surface area contributed by atoms with E-state index in [-0.39, 0.29) is 5.91 Å². The molecule has 158 valence electrons. The van der Waals surface area contributed by atoms with Crippen LogP contribution in [0.5, 0.6) is 0 Å². The van der Waals surface area contributed by atoms with Crippen LogP contribution in [0, 0.1) is 0 Å². The van der Waals surface area contributed by atoms with Gasteiger partial charge in [0.2, 0.25) is 0 Å². The molecule has 1 amide bonds. The summed E-state index contributed by atoms with van der Waals surface area (Å²) in [5, 5.41) is 21.4. The van der Waals surface area contributed by atoms with Crippen LogP contribution < -0.4 is 10.3 Å². The molecule has 1 saturated carbocycles. The van der Waals surface area contributed by atoms with Gasteiger partial charge in [0.15, 0.2) is 16.6 Å². The Bertz CT molecular complexity index is 1230. The predicted molar refractivity (Wildman–Crippen MR) is 117 cm³/mol. The largest absolute Gasteiger partial charge is 0.322 e. The van der Waals surface area contributed by atoms with E-state index in [4.69, 9.17) is 4.98 Å². The van der Waals surface area contributed by atoms with Gasteiger partial charge in [-0.25, -0.2) is 19.5 Å². The quantitative estimate of drug-likeness (QED) is 0.496. The number of amides is 1. The minimum absolute atomic E-state index is 0.123. The molecule has 4 aromatic heterocycles. The molecule has 6 rings (SSSR count). The molecule has 2 fully saturated rings. The summed E-state index contributed by atoms with van der Waals surface area (Å²) in [6.07, 6.45) is 7.84. The molecule has 0 bridgehead atoms. The number of hydrogen-bond acceptors (Lipinski definition) is 8. The predicted octanol–water partition coefficient (Wildman–Crippen LogP) is 3.19. The lowest BCUT2D eigenvalue weighted by atomic mass is 10.2. The SMILES string of the molecule is O=C(c1nccs1)N1CCCCN1c1nc(Nc2cc(C3CC3)[nH]n2)c2cccn2n1. The molecule has 10 nitrogen and oxygen atoms in total. The molecule has 1 aliphatic carbocycles. The van der Waals surface area contributed by atoms with Crippen molar-refractivity contribution in [3.63, 3.8) is 0 Å². The van der Waals surface area contributed by atoms with Gasteiger partial charge in [0.25, 0.3) is 5.95 Å². The van der Waals surface area contributed by atoms with Crippen molar-refractivity contribution < 1.29 is 4.79 Å². The van der Waals surface area contributed by atoms with E-state index in [0.717, 1.165) is 29.9 Å². The molecule has 31 heavy (non-hydrogen) atoms. The molecule has 0 spiro atoms. The lowest BCUT2D eigenvalue weighted by Crippen LogP contribution is -2.51. The molecule has 2 aliphatic rings. The summed E-state index contributed by atoms with van der Waals surface area (Å²) in [5.41, 5.74) is 1.99. The Morgan fingerprint density at radius 1 is 1.26 bits per heavy atom. The number of nitrogens with zero attached hydrogens (tertiary/aromatic N) is 7. The van der Waals surface area contributed by atoms with Gasteiger partial charge in [0.1, 0.15) is 5.52 Å². The fraction of sp³-hybridized carbons (Fsp3) is 0.350. The highest BCUT2D eigenvalue weighted by molar-refractivity contribution is 7.11. The zero-order valence-corrected chi connectivity index (χ0v) is 17.5. The summed E-state index contributed by atoms with van der Waals surface area (Å²) in [6.45, 7) is 1.27. The van der Waals surface area contributed by atoms with E-state index < -0.39 is 0 Å². The van der Waals surface area contributed by atoms with Gasteiger partial charge >= 0.3 is 5.91 Å². The minimum atomic E-state index is -0.123. The number of nitrogens with one attached hydrogen (secondary N) is 2. The maximum absolute atomic E-state index is 13.0. The Hall–Kier alpha value is -3.47. The van der Waals surface area contributed by atoms with Gasteiger partial charge in [0.05, 0.1) is 0 Å². The number of carbonyl (C=O) groups is 1. The summed E-state index contributed by atoms with van der Waals surface area (Å²) in [4.78, 5) is 22.0. The number of H-pyrrole nitrogens is 1. The van der Waals surface area contributed by atoms with Gasteiger partial charge in [0, 0.05) is 48.5 Å². The highest BCUT2D eigenvalue weighted by Gasteiger charge is 2.30. The Morgan fingerprint density at radius 2 is 2.16 bits per heavy atom. The van der Waals surface area contributed by atoms with Gasteiger partial charge in [-0.05, 0) is 37.8 Å². The molecule has 0 unspecified atom stereocenters. The van der Waals surface area contributed by atoms with Gasteiger partial charge in [-0.2, -0.15) is 10.1 Å². The van der Waals surface area contributed by atoms with Crippen LogP contribution in [-0.2, 0) is 0 Å². The third-order valence-corrected chi connectivity index (χ3v) is 6.36. The van der Waals surface area contributed by atoms with E-state index in [9.17, 15) is 4.79 Å². The highest BCUT2D eigenvalue weighted by atomic mass is 32.1. The second-order valence-corrected chi connectivity index (χ2v) is 8.70. The topological polar surface area (TPSA) is 107 Å². The fourth-order valence-corrected chi connectivity index (χ4v) is 4.45. The second kappa shape index (κ2) is 7.34. The first-order valence-corrected chi connectivity index (χ1v) is 11.3. The number of aromatic amines is 1. The van der Waals surface area contributed by atoms with E-state index in [0.29, 0.717) is 35.8 Å². The van der Waals surface area contributed by atoms with Crippen LogP contribution in [0.1, 0.15) is 47.1 Å². The van der Waals surface area contributed by atoms with Crippen molar-refractivity contribution in [3.05, 3.63) is 46.7 Å². The minimum Gasteiger partial charge on any atom is -0.322 e. The van der Waals surface area contributed by atoms with Gasteiger partial charge in [-0.1, -0.05) is 0 Å². The maximum atomic E-state index is 13.0. The highest BCUT2D eigenvalue weighted by Crippen LogP contribution is 2.39. The average molecular weight is 436 g/mol. The Labute approximate surface area is 181 Å². The number of hydrogen-bond donors (Lipinski definition) is 2. The van der Waals surface area contributed by atoms with Gasteiger partial charge in [-0.3, -0.25) is 9.89 Å². The van der Waals surface area contributed by atoms with Crippen LogP contribution in [0.4, 0.5) is 17.6 Å². The zero-order valence-electron chi connectivity index (χ0n) is 16.7. The Kier molecular flexibility index (Phi) is 4.34. The molecule has 1 saturated heterocycles. The van der Waals surface area contributed by atoms with Crippen molar-refractivity contribution in [2.24, 2.45) is 0 Å². The fourth-order valence-electron chi connectivity index (χ4n) is 3.87. The number of aromatic nitrogens is 6. The standard InChI is InChI=1S/C20H21N9OS/c30-19(18-21-7-11-31-18)28-9-1-2-10-29(28)20-23-17(15-4-3-8-27(15)26-20)22-16-12-14(24-25-16)13-5-6-13/h3-4,7-8,11-13H,1-2,5-6,9-10H2,(H2,22,23,24,25,26). The molecule has 4 aromatic rings. The lowest BCUT2D eigenvalue weighted by molar-refractivity contribution is 0.0699. The third-order valence-electron chi connectivity index (χ3n) is 5.60. The first kappa shape index (κ1) is 18.3. The van der Waals surface area contributed by atoms with E-state index in [1.54, 1.807) is 15.7 Å². The lowest BCUT2D eigenvalue weighted by Gasteiger charge is -2.37. The summed E-state index contributed by atoms with van der Waals surface area (Å²) < 4.78 is 1.78. The summed E-state index contributed by atoms with van der Waals surface area (Å²) in [7, 11) is 0. The van der Waals surface area contributed by atoms with Crippen molar-refractivity contribution in [1.29, 1.82) is 0 Å². The second-order valence-electron chi connectivity index (χ2n) is 7.80. The summed E-state index contributed by atoms with van der Waals surface area (Å²) >= 11 is 1.34. The van der Waals surface area contributed by atoms with Crippen LogP contribution in [-0.4, -0.2) is 53.8 Å². The first-order valence-electron chi connectivity index (χ1n) is 10.4. The van der Waals surface area contributed by atoms with Crippen molar-refractivity contribution in [2.75, 3.05) is 23.4 Å². The van der Waals surface area contributed by atoms with Crippen molar-refractivity contribution >= 4 is 40.3 Å². The van der Waals surface area contributed by atoms with E-state index in [2.05, 4.69) is 25.6 Å². The molecule has 0 atom stereocenters. The summed E-state index contributed by atoms with van der Waals surface area (Å²) in [6, 6.07) is 5.92. The van der Waals surface area contributed by atoms with Crippen molar-refractivity contribution in [3.8, 4) is 0 Å². The zero-order chi connectivity index (χ0) is 20.8. The Balaban J connectivity index is 1.35. The number of fused-ring (bicyclic) bond motifs is 1. The smallest absolute Gasteiger partial charge is 0.301 e. The maximum Gasteiger partial charge on any atom is 0.301 e.